The van der Waals surface area contributed by atoms with E-state index in [1.54, 1.807) is 6.07 Å². The van der Waals surface area contributed by atoms with Crippen molar-refractivity contribution >= 4 is 52.5 Å². The normalized spacial score (nSPS) is 21.0. The molecule has 2 aliphatic rings. The molecule has 8 nitrogen and oxygen atoms in total. The molecule has 1 aromatic carbocycles. The number of nitrogens with one attached hydrogen (secondary N) is 3. The molecule has 0 unspecified atom stereocenters. The van der Waals surface area contributed by atoms with Gasteiger partial charge in [0.2, 0.25) is 17.8 Å². The van der Waals surface area contributed by atoms with Gasteiger partial charge in [0, 0.05) is 35.2 Å². The van der Waals surface area contributed by atoms with Gasteiger partial charge < -0.3 is 15.5 Å². The van der Waals surface area contributed by atoms with Crippen LogP contribution in [0.25, 0.3) is 0 Å². The van der Waals surface area contributed by atoms with E-state index < -0.39 is 17.4 Å². The lowest BCUT2D eigenvalue weighted by molar-refractivity contribution is -0.123. The molecule has 0 saturated carbocycles. The van der Waals surface area contributed by atoms with Crippen LogP contribution in [-0.2, 0) is 9.59 Å². The lowest BCUT2D eigenvalue weighted by Crippen LogP contribution is -2.40. The van der Waals surface area contributed by atoms with Gasteiger partial charge in [-0.3, -0.25) is 19.4 Å². The fourth-order valence-electron chi connectivity index (χ4n) is 3.97. The molecule has 4 rings (SSSR count). The number of hydrogen-bond donors (Lipinski definition) is 3. The van der Waals surface area contributed by atoms with Gasteiger partial charge in [-0.05, 0) is 37.0 Å². The van der Waals surface area contributed by atoms with Crippen LogP contribution in [-0.4, -0.2) is 34.9 Å². The highest BCUT2D eigenvalue weighted by atomic mass is 35.5. The number of hydrogen-bond acceptors (Lipinski definition) is 5. The molecule has 1 saturated heterocycles. The van der Waals surface area contributed by atoms with E-state index >= 15 is 0 Å². The summed E-state index contributed by atoms with van der Waals surface area (Å²) in [7, 11) is 0. The summed E-state index contributed by atoms with van der Waals surface area (Å²) in [4.78, 5) is 47.3. The van der Waals surface area contributed by atoms with Crippen molar-refractivity contribution in [2.45, 2.75) is 32.1 Å². The summed E-state index contributed by atoms with van der Waals surface area (Å²) >= 11 is 12.0. The number of amides is 2. The van der Waals surface area contributed by atoms with Gasteiger partial charge >= 0.3 is 0 Å². The van der Waals surface area contributed by atoms with Gasteiger partial charge in [0.25, 0.3) is 5.56 Å². The number of halogens is 2. The Morgan fingerprint density at radius 1 is 1.23 bits per heavy atom. The highest BCUT2D eigenvalue weighted by Gasteiger charge is 2.35. The monoisotopic (exact) mass is 449 g/mol. The molecule has 2 aromatic rings. The molecule has 3 heterocycles. The number of aromatic nitrogens is 2. The van der Waals surface area contributed by atoms with Crippen LogP contribution in [0.1, 0.15) is 37.7 Å². The fraction of sp³-hybridized carbons (Fsp3) is 0.400. The lowest BCUT2D eigenvalue weighted by Gasteiger charge is -2.32. The van der Waals surface area contributed by atoms with Crippen LogP contribution in [0.4, 0.5) is 17.5 Å². The highest BCUT2D eigenvalue weighted by Crippen LogP contribution is 2.31. The second-order valence-corrected chi connectivity index (χ2v) is 8.67. The topological polar surface area (TPSA) is 107 Å². The minimum absolute atomic E-state index is 0.132. The molecule has 2 atom stereocenters. The number of rotatable bonds is 3. The zero-order chi connectivity index (χ0) is 21.4. The number of anilines is 3. The maximum absolute atomic E-state index is 12.9. The van der Waals surface area contributed by atoms with E-state index in [1.807, 2.05) is 4.90 Å². The molecular weight excluding hydrogens is 429 g/mol. The van der Waals surface area contributed by atoms with Crippen molar-refractivity contribution in [1.29, 1.82) is 0 Å². The van der Waals surface area contributed by atoms with Gasteiger partial charge in [0.15, 0.2) is 0 Å². The minimum Gasteiger partial charge on any atom is -0.342 e. The number of nitrogens with zero attached hydrogens (tertiary/aromatic N) is 2. The van der Waals surface area contributed by atoms with E-state index in [4.69, 9.17) is 23.2 Å². The van der Waals surface area contributed by atoms with Crippen LogP contribution >= 0.6 is 23.2 Å². The smallest absolute Gasteiger partial charge is 0.258 e. The Morgan fingerprint density at radius 3 is 2.67 bits per heavy atom. The van der Waals surface area contributed by atoms with E-state index in [0.29, 0.717) is 27.6 Å². The number of piperidine rings is 1. The summed E-state index contributed by atoms with van der Waals surface area (Å²) in [5, 5.41) is 6.05. The summed E-state index contributed by atoms with van der Waals surface area (Å²) in [5.74, 6) is -0.825. The van der Waals surface area contributed by atoms with E-state index in [9.17, 15) is 14.4 Å². The zero-order valence-electron chi connectivity index (χ0n) is 16.3. The first-order chi connectivity index (χ1) is 14.3. The molecule has 1 aromatic heterocycles. The van der Waals surface area contributed by atoms with E-state index in [2.05, 4.69) is 27.5 Å². The lowest BCUT2D eigenvalue weighted by atomic mass is 9.92. The molecule has 0 radical (unpaired) electrons. The first-order valence-corrected chi connectivity index (χ1v) is 10.5. The average molecular weight is 450 g/mol. The SMILES string of the molecule is C[C@H]1CCCN(c2nc3c(c(=O)[nH]2)[C@@H](C(=O)Nc2cc(Cl)cc(Cl)c2)CC(=O)N3)C1. The highest BCUT2D eigenvalue weighted by molar-refractivity contribution is 6.35. The third-order valence-corrected chi connectivity index (χ3v) is 5.78. The third-order valence-electron chi connectivity index (χ3n) is 5.34. The summed E-state index contributed by atoms with van der Waals surface area (Å²) in [6, 6.07) is 4.62. The maximum Gasteiger partial charge on any atom is 0.258 e. The van der Waals surface area contributed by atoms with Crippen molar-refractivity contribution in [1.82, 2.24) is 9.97 Å². The number of aromatic amines is 1. The molecule has 30 heavy (non-hydrogen) atoms. The number of benzene rings is 1. The average Bonchev–Trinajstić information content (AvgIpc) is 2.66. The largest absolute Gasteiger partial charge is 0.342 e. The Hall–Kier alpha value is -2.58. The number of carbonyl (C=O) groups excluding carboxylic acids is 2. The first kappa shape index (κ1) is 20.7. The molecule has 0 aliphatic carbocycles. The predicted octanol–water partition coefficient (Wildman–Crippen LogP) is 3.38. The summed E-state index contributed by atoms with van der Waals surface area (Å²) in [6.45, 7) is 3.70. The maximum atomic E-state index is 12.9. The van der Waals surface area contributed by atoms with E-state index in [0.717, 1.165) is 25.9 Å². The van der Waals surface area contributed by atoms with E-state index in [-0.39, 0.29) is 23.7 Å². The molecule has 158 valence electrons. The predicted molar refractivity (Wildman–Crippen MR) is 117 cm³/mol. The second-order valence-electron chi connectivity index (χ2n) is 7.80. The van der Waals surface area contributed by atoms with Crippen LogP contribution in [0.5, 0.6) is 0 Å². The van der Waals surface area contributed by atoms with Gasteiger partial charge in [-0.15, -0.1) is 0 Å². The van der Waals surface area contributed by atoms with Crippen molar-refractivity contribution in [3.63, 3.8) is 0 Å². The molecule has 0 spiro atoms. The molecule has 2 amide bonds. The van der Waals surface area contributed by atoms with E-state index in [1.165, 1.54) is 12.1 Å². The number of H-pyrrole nitrogens is 1. The van der Waals surface area contributed by atoms with Crippen molar-refractivity contribution in [3.8, 4) is 0 Å². The quantitative estimate of drug-likeness (QED) is 0.665. The Kier molecular flexibility index (Phi) is 5.71. The number of fused-ring (bicyclic) bond motifs is 1. The summed E-state index contributed by atoms with van der Waals surface area (Å²) in [6.07, 6.45) is 1.97. The first-order valence-electron chi connectivity index (χ1n) is 9.76. The minimum atomic E-state index is -0.975. The van der Waals surface area contributed by atoms with Crippen LogP contribution in [0.15, 0.2) is 23.0 Å². The summed E-state index contributed by atoms with van der Waals surface area (Å²) in [5.41, 5.74) is 0.0971. The van der Waals surface area contributed by atoms with Crippen LogP contribution in [0.2, 0.25) is 10.0 Å². The second kappa shape index (κ2) is 8.28. The Bertz CT molecular complexity index is 1050. The van der Waals surface area contributed by atoms with Gasteiger partial charge in [0.05, 0.1) is 11.5 Å². The summed E-state index contributed by atoms with van der Waals surface area (Å²) < 4.78 is 0. The standard InChI is InChI=1S/C20H21Cl2N5O3/c1-10-3-2-4-27(9-10)20-25-17-16(19(30)26-20)14(8-15(28)24-17)18(29)23-13-6-11(21)5-12(22)7-13/h5-7,10,14H,2-4,8-9H2,1H3,(H,23,29)(H2,24,25,26,28,30)/t10-,14-/m0/s1. The van der Waals surface area contributed by atoms with Gasteiger partial charge in [0.1, 0.15) is 5.82 Å². The van der Waals surface area contributed by atoms with Crippen molar-refractivity contribution in [2.24, 2.45) is 5.92 Å². The van der Waals surface area contributed by atoms with Crippen LogP contribution in [0.3, 0.4) is 0 Å². The number of carbonyl (C=O) groups is 2. The van der Waals surface area contributed by atoms with Crippen LogP contribution in [0, 0.1) is 5.92 Å². The zero-order valence-corrected chi connectivity index (χ0v) is 17.8. The van der Waals surface area contributed by atoms with Crippen molar-refractivity contribution in [2.75, 3.05) is 28.6 Å². The molecule has 1 fully saturated rings. The van der Waals surface area contributed by atoms with Crippen molar-refractivity contribution < 1.29 is 9.59 Å². The van der Waals surface area contributed by atoms with Gasteiger partial charge in [-0.25, -0.2) is 0 Å². The Labute approximate surface area is 183 Å². The fourth-order valence-corrected chi connectivity index (χ4v) is 4.50. The Balaban J connectivity index is 1.65. The van der Waals surface area contributed by atoms with Crippen molar-refractivity contribution in [3.05, 3.63) is 44.2 Å². The van der Waals surface area contributed by atoms with Crippen LogP contribution < -0.4 is 21.1 Å². The van der Waals surface area contributed by atoms with Gasteiger partial charge in [-0.1, -0.05) is 30.1 Å². The van der Waals surface area contributed by atoms with Gasteiger partial charge in [-0.2, -0.15) is 4.98 Å². The molecule has 10 heteroatoms. The molecular formula is C20H21Cl2N5O3. The third kappa shape index (κ3) is 4.29. The molecule has 2 aliphatic heterocycles. The Morgan fingerprint density at radius 2 is 1.97 bits per heavy atom. The molecule has 3 N–H and O–H groups in total. The molecule has 0 bridgehead atoms.